The maximum atomic E-state index is 12.4. The third kappa shape index (κ3) is 55.5. The number of hydrogen-bond donors (Lipinski definition) is 3. The smallest absolute Gasteiger partial charge is 0.305 e. The van der Waals surface area contributed by atoms with Gasteiger partial charge in [0.1, 0.15) is 0 Å². The molecule has 0 saturated carbocycles. The molecular weight excluding hydrogens is 851 g/mol. The molecule has 69 heavy (non-hydrogen) atoms. The standard InChI is InChI=1S/C63H121NO5/c1-3-5-7-9-11-13-15-16-17-18-24-28-31-34-37-41-45-49-53-57-63(68)69-58-54-50-46-42-38-35-32-29-26-23-21-19-20-22-25-27-30-33-36-40-44-48-52-56-62(67)64-60(59-65)61(66)55-51-47-43-39-14-12-10-8-6-4-2/h19,21-22,25,60-61,65-66H,3-18,20,23-24,26-59H2,1-2H3,(H,64,67)/b21-19-,25-22-. The number of carbonyl (C=O) groups is 2. The van der Waals surface area contributed by atoms with Crippen LogP contribution in [0.4, 0.5) is 0 Å². The van der Waals surface area contributed by atoms with Gasteiger partial charge in [0.25, 0.3) is 0 Å². The summed E-state index contributed by atoms with van der Waals surface area (Å²) in [6.45, 7) is 4.95. The summed E-state index contributed by atoms with van der Waals surface area (Å²) < 4.78 is 5.50. The van der Waals surface area contributed by atoms with Gasteiger partial charge < -0.3 is 20.3 Å². The Bertz CT molecular complexity index is 1080. The monoisotopic (exact) mass is 972 g/mol. The van der Waals surface area contributed by atoms with Gasteiger partial charge in [-0.25, -0.2) is 0 Å². The Kier molecular flexibility index (Phi) is 57.5. The van der Waals surface area contributed by atoms with Crippen molar-refractivity contribution < 1.29 is 24.5 Å². The molecule has 0 aromatic carbocycles. The van der Waals surface area contributed by atoms with E-state index in [1.54, 1.807) is 0 Å². The third-order valence-corrected chi connectivity index (χ3v) is 14.5. The molecule has 0 rings (SSSR count). The average Bonchev–Trinajstić information content (AvgIpc) is 3.35. The highest BCUT2D eigenvalue weighted by atomic mass is 16.5. The second kappa shape index (κ2) is 58.9. The highest BCUT2D eigenvalue weighted by Crippen LogP contribution is 2.18. The molecule has 0 radical (unpaired) electrons. The van der Waals surface area contributed by atoms with Gasteiger partial charge in [-0.2, -0.15) is 0 Å². The van der Waals surface area contributed by atoms with Gasteiger partial charge >= 0.3 is 5.97 Å². The van der Waals surface area contributed by atoms with E-state index in [9.17, 15) is 19.8 Å². The summed E-state index contributed by atoms with van der Waals surface area (Å²) in [7, 11) is 0. The highest BCUT2D eigenvalue weighted by molar-refractivity contribution is 5.76. The molecule has 0 bridgehead atoms. The number of nitrogens with one attached hydrogen (secondary N) is 1. The average molecular weight is 973 g/mol. The molecule has 0 spiro atoms. The van der Waals surface area contributed by atoms with Gasteiger partial charge in [-0.3, -0.25) is 9.59 Å². The molecular formula is C63H121NO5. The Morgan fingerprint density at radius 1 is 0.406 bits per heavy atom. The van der Waals surface area contributed by atoms with Crippen molar-refractivity contribution in [3.8, 4) is 0 Å². The predicted molar refractivity (Wildman–Crippen MR) is 301 cm³/mol. The molecule has 0 aromatic rings. The maximum Gasteiger partial charge on any atom is 0.305 e. The summed E-state index contributed by atoms with van der Waals surface area (Å²) >= 11 is 0. The molecule has 408 valence electrons. The molecule has 0 aliphatic carbocycles. The number of aliphatic hydroxyl groups is 2. The predicted octanol–water partition coefficient (Wildman–Crippen LogP) is 19.4. The molecule has 2 unspecified atom stereocenters. The van der Waals surface area contributed by atoms with Crippen LogP contribution in [0, 0.1) is 0 Å². The van der Waals surface area contributed by atoms with Crippen LogP contribution >= 0.6 is 0 Å². The van der Waals surface area contributed by atoms with Gasteiger partial charge in [-0.05, 0) is 57.8 Å². The Balaban J connectivity index is 3.39. The highest BCUT2D eigenvalue weighted by Gasteiger charge is 2.20. The molecule has 0 aliphatic rings. The summed E-state index contributed by atoms with van der Waals surface area (Å²) in [6, 6.07) is -0.547. The minimum Gasteiger partial charge on any atom is -0.466 e. The topological polar surface area (TPSA) is 95.9 Å². The van der Waals surface area contributed by atoms with Crippen molar-refractivity contribution in [2.75, 3.05) is 13.2 Å². The fraction of sp³-hybridized carbons (Fsp3) is 0.905. The first-order valence-corrected chi connectivity index (χ1v) is 31.1. The zero-order valence-corrected chi connectivity index (χ0v) is 46.6. The van der Waals surface area contributed by atoms with Gasteiger partial charge in [-0.1, -0.05) is 295 Å². The summed E-state index contributed by atoms with van der Waals surface area (Å²) in [5, 5.41) is 23.1. The zero-order chi connectivity index (χ0) is 50.0. The van der Waals surface area contributed by atoms with Crippen LogP contribution in [-0.4, -0.2) is 47.4 Å². The van der Waals surface area contributed by atoms with Gasteiger partial charge in [0, 0.05) is 12.8 Å². The molecule has 0 saturated heterocycles. The van der Waals surface area contributed by atoms with E-state index >= 15 is 0 Å². The van der Waals surface area contributed by atoms with E-state index in [0.29, 0.717) is 25.9 Å². The fourth-order valence-electron chi connectivity index (χ4n) is 9.73. The molecule has 6 nitrogen and oxygen atoms in total. The van der Waals surface area contributed by atoms with Crippen molar-refractivity contribution in [1.82, 2.24) is 5.32 Å². The summed E-state index contributed by atoms with van der Waals surface area (Å²) in [5.74, 6) is -0.0343. The minimum atomic E-state index is -0.669. The van der Waals surface area contributed by atoms with E-state index in [-0.39, 0.29) is 18.5 Å². The molecule has 0 heterocycles. The lowest BCUT2D eigenvalue weighted by Gasteiger charge is -2.22. The number of rotatable bonds is 58. The van der Waals surface area contributed by atoms with Gasteiger partial charge in [0.2, 0.25) is 5.91 Å². The van der Waals surface area contributed by atoms with Crippen molar-refractivity contribution in [3.05, 3.63) is 24.3 Å². The first-order valence-electron chi connectivity index (χ1n) is 31.1. The Labute approximate surface area is 431 Å². The van der Waals surface area contributed by atoms with Crippen LogP contribution in [0.2, 0.25) is 0 Å². The van der Waals surface area contributed by atoms with Crippen molar-refractivity contribution in [3.63, 3.8) is 0 Å². The van der Waals surface area contributed by atoms with E-state index < -0.39 is 12.1 Å². The Hall–Kier alpha value is -1.66. The number of amides is 1. The molecule has 1 amide bonds. The van der Waals surface area contributed by atoms with Crippen LogP contribution in [0.25, 0.3) is 0 Å². The first-order chi connectivity index (χ1) is 34.0. The van der Waals surface area contributed by atoms with Crippen LogP contribution in [0.5, 0.6) is 0 Å². The molecule has 0 aliphatic heterocycles. The SMILES string of the molecule is CCCCCCCCCCCCCCCCCCCCCC(=O)OCCCCCCCCCCC/C=C\C/C=C\CCCCCCCCCC(=O)NC(CO)C(O)CCCCCCCCCCCC. The Morgan fingerprint density at radius 3 is 1.10 bits per heavy atom. The van der Waals surface area contributed by atoms with Gasteiger partial charge in [0.15, 0.2) is 0 Å². The second-order valence-corrected chi connectivity index (χ2v) is 21.4. The summed E-state index contributed by atoms with van der Waals surface area (Å²) in [4.78, 5) is 24.5. The summed E-state index contributed by atoms with van der Waals surface area (Å²) in [5.41, 5.74) is 0. The van der Waals surface area contributed by atoms with Crippen LogP contribution < -0.4 is 5.32 Å². The van der Waals surface area contributed by atoms with E-state index in [4.69, 9.17) is 4.74 Å². The van der Waals surface area contributed by atoms with E-state index in [1.165, 1.54) is 257 Å². The number of esters is 1. The van der Waals surface area contributed by atoms with Gasteiger partial charge in [-0.15, -0.1) is 0 Å². The van der Waals surface area contributed by atoms with Crippen molar-refractivity contribution in [2.24, 2.45) is 0 Å². The van der Waals surface area contributed by atoms with Crippen LogP contribution in [0.3, 0.4) is 0 Å². The van der Waals surface area contributed by atoms with Crippen LogP contribution in [0.1, 0.15) is 341 Å². The largest absolute Gasteiger partial charge is 0.466 e. The number of aliphatic hydroxyl groups excluding tert-OH is 2. The second-order valence-electron chi connectivity index (χ2n) is 21.4. The third-order valence-electron chi connectivity index (χ3n) is 14.5. The van der Waals surface area contributed by atoms with Crippen LogP contribution in [-0.2, 0) is 14.3 Å². The normalized spacial score (nSPS) is 12.7. The maximum absolute atomic E-state index is 12.4. The molecule has 6 heteroatoms. The Morgan fingerprint density at radius 2 is 0.725 bits per heavy atom. The lowest BCUT2D eigenvalue weighted by atomic mass is 10.0. The molecule has 3 N–H and O–H groups in total. The lowest BCUT2D eigenvalue weighted by Crippen LogP contribution is -2.45. The quantitative estimate of drug-likeness (QED) is 0.0321. The molecule has 2 atom stereocenters. The minimum absolute atomic E-state index is 0.0120. The van der Waals surface area contributed by atoms with Crippen molar-refractivity contribution in [2.45, 2.75) is 353 Å². The number of carbonyl (C=O) groups excluding carboxylic acids is 2. The van der Waals surface area contributed by atoms with E-state index in [1.807, 2.05) is 0 Å². The lowest BCUT2D eigenvalue weighted by molar-refractivity contribution is -0.143. The number of ether oxygens (including phenoxy) is 1. The molecule has 0 aromatic heterocycles. The fourth-order valence-corrected chi connectivity index (χ4v) is 9.73. The first kappa shape index (κ1) is 67.3. The molecule has 0 fully saturated rings. The van der Waals surface area contributed by atoms with E-state index in [2.05, 4.69) is 43.5 Å². The van der Waals surface area contributed by atoms with Gasteiger partial charge in [0.05, 0.1) is 25.4 Å². The van der Waals surface area contributed by atoms with E-state index in [0.717, 1.165) is 51.4 Å². The number of allylic oxidation sites excluding steroid dienone is 4. The van der Waals surface area contributed by atoms with Crippen LogP contribution in [0.15, 0.2) is 24.3 Å². The zero-order valence-electron chi connectivity index (χ0n) is 46.6. The number of hydrogen-bond acceptors (Lipinski definition) is 5. The van der Waals surface area contributed by atoms with Crippen molar-refractivity contribution >= 4 is 11.9 Å². The number of unbranched alkanes of at least 4 members (excludes halogenated alkanes) is 43. The summed E-state index contributed by atoms with van der Waals surface area (Å²) in [6.07, 6.45) is 72.0. The van der Waals surface area contributed by atoms with Crippen molar-refractivity contribution in [1.29, 1.82) is 0 Å².